The van der Waals surface area contributed by atoms with Crippen molar-refractivity contribution in [1.82, 2.24) is 15.2 Å². The molecule has 0 saturated carbocycles. The van der Waals surface area contributed by atoms with E-state index in [1.54, 1.807) is 14.2 Å². The summed E-state index contributed by atoms with van der Waals surface area (Å²) in [4.78, 5) is 17.9. The van der Waals surface area contributed by atoms with Crippen molar-refractivity contribution in [3.8, 4) is 11.5 Å². The normalized spacial score (nSPS) is 11.6. The number of nitrogens with one attached hydrogen (secondary N) is 2. The quantitative estimate of drug-likeness (QED) is 0.334. The minimum Gasteiger partial charge on any atom is -0.497 e. The molecule has 4 aromatic rings. The van der Waals surface area contributed by atoms with Crippen molar-refractivity contribution in [2.75, 3.05) is 14.2 Å². The van der Waals surface area contributed by atoms with Crippen LogP contribution < -0.4 is 20.3 Å². The Balaban J connectivity index is 1.63. The van der Waals surface area contributed by atoms with E-state index in [9.17, 15) is 4.79 Å². The van der Waals surface area contributed by atoms with Crippen LogP contribution in [-0.4, -0.2) is 29.2 Å². The van der Waals surface area contributed by atoms with E-state index in [0.29, 0.717) is 23.8 Å². The van der Waals surface area contributed by atoms with Crippen LogP contribution in [-0.2, 0) is 13.1 Å². The lowest BCUT2D eigenvalue weighted by Gasteiger charge is -2.28. The zero-order valence-corrected chi connectivity index (χ0v) is 20.9. The molecule has 1 atom stereocenters. The second-order valence-electron chi connectivity index (χ2n) is 8.36. The predicted octanol–water partition coefficient (Wildman–Crippen LogP) is 5.18. The van der Waals surface area contributed by atoms with Gasteiger partial charge in [0.1, 0.15) is 11.5 Å². The van der Waals surface area contributed by atoms with E-state index in [1.165, 1.54) is 0 Å². The maximum Gasteiger partial charge on any atom is 0.253 e. The third-order valence-electron chi connectivity index (χ3n) is 5.95. The number of H-pyrrole nitrogens is 1. The Kier molecular flexibility index (Phi) is 7.67. The first-order valence-electron chi connectivity index (χ1n) is 11.4. The highest BCUT2D eigenvalue weighted by molar-refractivity contribution is 7.80. The SMILES string of the molecule is COc1ccc(CN(Cc2cc3cc(OC)ccc3[nH]c2=O)C(=S)N[C@@H](C)c2ccccc2)cc1. The largest absolute Gasteiger partial charge is 0.497 e. The third-order valence-corrected chi connectivity index (χ3v) is 6.32. The number of benzene rings is 3. The summed E-state index contributed by atoms with van der Waals surface area (Å²) in [7, 11) is 3.27. The standard InChI is InChI=1S/C28H29N3O3S/c1-19(21-7-5-4-6-8-21)29-28(35)31(17-20-9-11-24(33-2)12-10-20)18-23-15-22-16-25(34-3)13-14-26(22)30-27(23)32/h4-16,19H,17-18H2,1-3H3,(H,29,35)(H,30,32)/t19-/m0/s1. The monoisotopic (exact) mass is 487 g/mol. The Morgan fingerprint density at radius 3 is 2.31 bits per heavy atom. The first-order chi connectivity index (χ1) is 17.0. The van der Waals surface area contributed by atoms with E-state index >= 15 is 0 Å². The molecule has 0 fully saturated rings. The summed E-state index contributed by atoms with van der Waals surface area (Å²) in [5.41, 5.74) is 3.44. The molecule has 2 N–H and O–H groups in total. The van der Waals surface area contributed by atoms with Gasteiger partial charge in [-0.15, -0.1) is 0 Å². The van der Waals surface area contributed by atoms with Gasteiger partial charge in [0.15, 0.2) is 5.11 Å². The van der Waals surface area contributed by atoms with Gasteiger partial charge in [-0.25, -0.2) is 0 Å². The highest BCUT2D eigenvalue weighted by Gasteiger charge is 2.17. The highest BCUT2D eigenvalue weighted by Crippen LogP contribution is 2.21. The fourth-order valence-electron chi connectivity index (χ4n) is 3.93. The third kappa shape index (κ3) is 6.00. The van der Waals surface area contributed by atoms with Crippen LogP contribution in [0.4, 0.5) is 0 Å². The van der Waals surface area contributed by atoms with E-state index < -0.39 is 0 Å². The molecule has 4 rings (SSSR count). The molecule has 0 amide bonds. The number of aromatic amines is 1. The Hall–Kier alpha value is -3.84. The lowest BCUT2D eigenvalue weighted by Crippen LogP contribution is -2.41. The average Bonchev–Trinajstić information content (AvgIpc) is 2.89. The molecular weight excluding hydrogens is 458 g/mol. The molecule has 6 nitrogen and oxygen atoms in total. The molecule has 0 spiro atoms. The minimum absolute atomic E-state index is 0.0150. The number of nitrogens with zero attached hydrogens (tertiary/aromatic N) is 1. The molecule has 0 aliphatic rings. The van der Waals surface area contributed by atoms with Crippen LogP contribution in [0, 0.1) is 0 Å². The van der Waals surface area contributed by atoms with Gasteiger partial charge in [-0.2, -0.15) is 0 Å². The molecule has 0 bridgehead atoms. The van der Waals surface area contributed by atoms with E-state index in [0.717, 1.165) is 33.5 Å². The van der Waals surface area contributed by atoms with Gasteiger partial charge in [-0.1, -0.05) is 42.5 Å². The second kappa shape index (κ2) is 11.1. The molecule has 0 aliphatic heterocycles. The van der Waals surface area contributed by atoms with Crippen LogP contribution in [0.25, 0.3) is 10.9 Å². The van der Waals surface area contributed by atoms with Crippen molar-refractivity contribution >= 4 is 28.2 Å². The van der Waals surface area contributed by atoms with Gasteiger partial charge in [0.2, 0.25) is 0 Å². The summed E-state index contributed by atoms with van der Waals surface area (Å²) in [5, 5.41) is 4.91. The topological polar surface area (TPSA) is 66.6 Å². The maximum absolute atomic E-state index is 12.9. The maximum atomic E-state index is 12.9. The Labute approximate surface area is 210 Å². The van der Waals surface area contributed by atoms with Crippen molar-refractivity contribution < 1.29 is 9.47 Å². The van der Waals surface area contributed by atoms with Crippen molar-refractivity contribution in [2.45, 2.75) is 26.1 Å². The van der Waals surface area contributed by atoms with E-state index in [4.69, 9.17) is 21.7 Å². The van der Waals surface area contributed by atoms with Gasteiger partial charge < -0.3 is 24.7 Å². The molecular formula is C28H29N3O3S. The molecule has 3 aromatic carbocycles. The zero-order valence-electron chi connectivity index (χ0n) is 20.1. The van der Waals surface area contributed by atoms with Crippen LogP contribution in [0.1, 0.15) is 29.7 Å². The van der Waals surface area contributed by atoms with Crippen molar-refractivity contribution in [2.24, 2.45) is 0 Å². The number of ether oxygens (including phenoxy) is 2. The van der Waals surface area contributed by atoms with Gasteiger partial charge in [0.05, 0.1) is 26.8 Å². The summed E-state index contributed by atoms with van der Waals surface area (Å²) >= 11 is 5.84. The molecule has 1 heterocycles. The van der Waals surface area contributed by atoms with Gasteiger partial charge >= 0.3 is 0 Å². The van der Waals surface area contributed by atoms with Gasteiger partial charge in [0.25, 0.3) is 5.56 Å². The second-order valence-corrected chi connectivity index (χ2v) is 8.75. The molecule has 0 saturated heterocycles. The van der Waals surface area contributed by atoms with Crippen LogP contribution in [0.3, 0.4) is 0 Å². The Bertz CT molecular complexity index is 1350. The smallest absolute Gasteiger partial charge is 0.253 e. The van der Waals surface area contributed by atoms with Crippen LogP contribution >= 0.6 is 12.2 Å². The highest BCUT2D eigenvalue weighted by atomic mass is 32.1. The van der Waals surface area contributed by atoms with Crippen molar-refractivity contribution in [3.05, 3.63) is 106 Å². The molecule has 180 valence electrons. The van der Waals surface area contributed by atoms with Gasteiger partial charge in [0, 0.05) is 23.0 Å². The lowest BCUT2D eigenvalue weighted by molar-refractivity contribution is 0.390. The van der Waals surface area contributed by atoms with Crippen molar-refractivity contribution in [3.63, 3.8) is 0 Å². The molecule has 1 aromatic heterocycles. The number of pyridine rings is 1. The summed E-state index contributed by atoms with van der Waals surface area (Å²) in [6.07, 6.45) is 0. The predicted molar refractivity (Wildman–Crippen MR) is 144 cm³/mol. The van der Waals surface area contributed by atoms with E-state index in [-0.39, 0.29) is 11.6 Å². The zero-order chi connectivity index (χ0) is 24.8. The van der Waals surface area contributed by atoms with Crippen LogP contribution in [0.5, 0.6) is 11.5 Å². The Morgan fingerprint density at radius 1 is 0.943 bits per heavy atom. The number of fused-ring (bicyclic) bond motifs is 1. The lowest BCUT2D eigenvalue weighted by atomic mass is 10.1. The molecule has 0 aliphatic carbocycles. The summed E-state index contributed by atoms with van der Waals surface area (Å²) < 4.78 is 10.6. The number of thiocarbonyl (C=S) groups is 1. The van der Waals surface area contributed by atoms with Gasteiger partial charge in [-0.3, -0.25) is 4.79 Å². The number of hydrogen-bond donors (Lipinski definition) is 2. The number of rotatable bonds is 8. The van der Waals surface area contributed by atoms with Crippen molar-refractivity contribution in [1.29, 1.82) is 0 Å². The number of hydrogen-bond acceptors (Lipinski definition) is 4. The molecule has 7 heteroatoms. The fraction of sp³-hybridized carbons (Fsp3) is 0.214. The average molecular weight is 488 g/mol. The van der Waals surface area contributed by atoms with E-state index in [2.05, 4.69) is 29.4 Å². The summed E-state index contributed by atoms with van der Waals surface area (Å²) in [5.74, 6) is 1.53. The summed E-state index contributed by atoms with van der Waals surface area (Å²) in [6.45, 7) is 2.96. The van der Waals surface area contributed by atoms with E-state index in [1.807, 2.05) is 71.6 Å². The first kappa shape index (κ1) is 24.3. The summed E-state index contributed by atoms with van der Waals surface area (Å²) in [6, 6.07) is 25.5. The molecule has 35 heavy (non-hydrogen) atoms. The first-order valence-corrected chi connectivity index (χ1v) is 11.8. The van der Waals surface area contributed by atoms with Gasteiger partial charge in [-0.05, 0) is 66.7 Å². The fourth-order valence-corrected chi connectivity index (χ4v) is 4.24. The minimum atomic E-state index is -0.138. The van der Waals surface area contributed by atoms with Crippen LogP contribution in [0.15, 0.2) is 83.7 Å². The number of aromatic nitrogens is 1. The molecule has 0 unspecified atom stereocenters. The molecule has 0 radical (unpaired) electrons. The Morgan fingerprint density at radius 2 is 1.63 bits per heavy atom. The number of methoxy groups -OCH3 is 2. The van der Waals surface area contributed by atoms with Crippen LogP contribution in [0.2, 0.25) is 0 Å².